The molecule has 2 aromatic carbocycles. The monoisotopic (exact) mass is 383 g/mol. The molecular formula is C22H25NO5. The molecule has 2 rings (SSSR count). The van der Waals surface area contributed by atoms with Gasteiger partial charge in [0, 0.05) is 11.1 Å². The highest BCUT2D eigenvalue weighted by Crippen LogP contribution is 2.40. The van der Waals surface area contributed by atoms with Gasteiger partial charge in [0.05, 0.1) is 14.2 Å². The standard InChI is InChI=1S/C22H25NO5/c1-12(2)16-7-14(8-17(13(3)4)21(16)25)20(24)15-9-18(26-5)22(28-11-23)19(10-15)27-6/h7-10,12-13,25H,1-6H3. The van der Waals surface area contributed by atoms with Gasteiger partial charge in [-0.05, 0) is 47.2 Å². The molecule has 6 nitrogen and oxygen atoms in total. The number of ketones is 1. The Kier molecular flexibility index (Phi) is 6.53. The Morgan fingerprint density at radius 2 is 1.36 bits per heavy atom. The lowest BCUT2D eigenvalue weighted by molar-refractivity contribution is 0.103. The van der Waals surface area contributed by atoms with Crippen molar-refractivity contribution in [2.75, 3.05) is 14.2 Å². The Balaban J connectivity index is 2.65. The maximum atomic E-state index is 13.2. The lowest BCUT2D eigenvalue weighted by atomic mass is 9.89. The van der Waals surface area contributed by atoms with E-state index in [9.17, 15) is 9.90 Å². The molecule has 28 heavy (non-hydrogen) atoms. The van der Waals surface area contributed by atoms with Crippen LogP contribution in [0.15, 0.2) is 24.3 Å². The highest BCUT2D eigenvalue weighted by atomic mass is 16.5. The predicted molar refractivity (Wildman–Crippen MR) is 106 cm³/mol. The second-order valence-electron chi connectivity index (χ2n) is 7.05. The van der Waals surface area contributed by atoms with Gasteiger partial charge >= 0.3 is 0 Å². The Hall–Kier alpha value is -3.20. The number of ether oxygens (including phenoxy) is 3. The lowest BCUT2D eigenvalue weighted by Crippen LogP contribution is -2.07. The van der Waals surface area contributed by atoms with Gasteiger partial charge < -0.3 is 19.3 Å². The molecule has 0 aliphatic rings. The zero-order valence-electron chi connectivity index (χ0n) is 17.0. The molecule has 0 aliphatic heterocycles. The van der Waals surface area contributed by atoms with Crippen LogP contribution in [0.25, 0.3) is 0 Å². The first-order valence-corrected chi connectivity index (χ1v) is 8.98. The van der Waals surface area contributed by atoms with Crippen molar-refractivity contribution in [3.63, 3.8) is 0 Å². The number of hydrogen-bond acceptors (Lipinski definition) is 6. The van der Waals surface area contributed by atoms with Gasteiger partial charge in [-0.2, -0.15) is 0 Å². The molecule has 0 unspecified atom stereocenters. The van der Waals surface area contributed by atoms with E-state index in [0.29, 0.717) is 11.1 Å². The van der Waals surface area contributed by atoms with Crippen LogP contribution in [0.1, 0.15) is 66.6 Å². The van der Waals surface area contributed by atoms with Crippen LogP contribution in [0.4, 0.5) is 0 Å². The lowest BCUT2D eigenvalue weighted by Gasteiger charge is -2.18. The molecule has 0 amide bonds. The minimum atomic E-state index is -0.246. The van der Waals surface area contributed by atoms with Crippen LogP contribution in [-0.2, 0) is 0 Å². The molecule has 148 valence electrons. The predicted octanol–water partition coefficient (Wildman–Crippen LogP) is 4.75. The number of methoxy groups -OCH3 is 2. The zero-order valence-corrected chi connectivity index (χ0v) is 17.0. The second-order valence-corrected chi connectivity index (χ2v) is 7.05. The highest BCUT2D eigenvalue weighted by Gasteiger charge is 2.22. The quantitative estimate of drug-likeness (QED) is 0.548. The Morgan fingerprint density at radius 3 is 1.71 bits per heavy atom. The summed E-state index contributed by atoms with van der Waals surface area (Å²) in [5, 5.41) is 19.4. The summed E-state index contributed by atoms with van der Waals surface area (Å²) in [6.45, 7) is 7.86. The molecule has 0 aromatic heterocycles. The van der Waals surface area contributed by atoms with Crippen molar-refractivity contribution in [2.24, 2.45) is 0 Å². The molecule has 0 bridgehead atoms. The first-order chi connectivity index (χ1) is 13.2. The van der Waals surface area contributed by atoms with E-state index in [1.165, 1.54) is 26.4 Å². The molecule has 2 aromatic rings. The van der Waals surface area contributed by atoms with Crippen molar-refractivity contribution in [1.29, 1.82) is 5.26 Å². The van der Waals surface area contributed by atoms with Gasteiger partial charge in [-0.1, -0.05) is 27.7 Å². The van der Waals surface area contributed by atoms with Crippen LogP contribution in [0.5, 0.6) is 23.0 Å². The van der Waals surface area contributed by atoms with E-state index < -0.39 is 0 Å². The topological polar surface area (TPSA) is 88.8 Å². The third-order valence-electron chi connectivity index (χ3n) is 4.55. The Morgan fingerprint density at radius 1 is 0.929 bits per heavy atom. The molecule has 1 N–H and O–H groups in total. The third kappa shape index (κ3) is 4.04. The summed E-state index contributed by atoms with van der Waals surface area (Å²) in [7, 11) is 2.84. The summed E-state index contributed by atoms with van der Waals surface area (Å²) in [4.78, 5) is 13.2. The summed E-state index contributed by atoms with van der Waals surface area (Å²) < 4.78 is 15.4. The molecular weight excluding hydrogens is 358 g/mol. The number of rotatable bonds is 7. The van der Waals surface area contributed by atoms with Gasteiger partial charge in [0.15, 0.2) is 17.3 Å². The summed E-state index contributed by atoms with van der Waals surface area (Å²) >= 11 is 0. The summed E-state index contributed by atoms with van der Waals surface area (Å²) in [6, 6.07) is 6.45. The van der Waals surface area contributed by atoms with Crippen molar-refractivity contribution >= 4 is 5.78 Å². The largest absolute Gasteiger partial charge is 0.507 e. The molecule has 0 fully saturated rings. The molecule has 0 spiro atoms. The first-order valence-electron chi connectivity index (χ1n) is 8.98. The first kappa shape index (κ1) is 21.1. The van der Waals surface area contributed by atoms with E-state index in [-0.39, 0.29) is 40.6 Å². The second kappa shape index (κ2) is 8.66. The number of carbonyl (C=O) groups is 1. The van der Waals surface area contributed by atoms with Gasteiger partial charge in [0.2, 0.25) is 5.75 Å². The smallest absolute Gasteiger partial charge is 0.292 e. The fourth-order valence-electron chi connectivity index (χ4n) is 3.02. The minimum absolute atomic E-state index is 0.0562. The molecule has 0 saturated carbocycles. The van der Waals surface area contributed by atoms with Crippen molar-refractivity contribution in [3.8, 4) is 29.3 Å². The average Bonchev–Trinajstić information content (AvgIpc) is 2.67. The van der Waals surface area contributed by atoms with Crippen molar-refractivity contribution in [2.45, 2.75) is 39.5 Å². The maximum Gasteiger partial charge on any atom is 0.292 e. The number of phenols is 1. The van der Waals surface area contributed by atoms with E-state index in [0.717, 1.165) is 11.1 Å². The maximum absolute atomic E-state index is 13.2. The highest BCUT2D eigenvalue weighted by molar-refractivity contribution is 6.10. The van der Waals surface area contributed by atoms with Crippen LogP contribution in [0.3, 0.4) is 0 Å². The summed E-state index contributed by atoms with van der Waals surface area (Å²) in [5.41, 5.74) is 2.23. The van der Waals surface area contributed by atoms with E-state index in [1.54, 1.807) is 18.4 Å². The molecule has 0 atom stereocenters. The fourth-order valence-corrected chi connectivity index (χ4v) is 3.02. The van der Waals surface area contributed by atoms with Gasteiger partial charge in [0.1, 0.15) is 5.75 Å². The number of benzene rings is 2. The molecule has 0 saturated heterocycles. The van der Waals surface area contributed by atoms with Crippen molar-refractivity contribution in [1.82, 2.24) is 0 Å². The minimum Gasteiger partial charge on any atom is -0.507 e. The number of phenolic OH excluding ortho intramolecular Hbond substituents is 1. The van der Waals surface area contributed by atoms with Gasteiger partial charge in [-0.3, -0.25) is 4.79 Å². The van der Waals surface area contributed by atoms with Crippen molar-refractivity contribution < 1.29 is 24.1 Å². The van der Waals surface area contributed by atoms with Crippen LogP contribution >= 0.6 is 0 Å². The normalized spacial score (nSPS) is 10.7. The average molecular weight is 383 g/mol. The van der Waals surface area contributed by atoms with E-state index >= 15 is 0 Å². The third-order valence-corrected chi connectivity index (χ3v) is 4.55. The Labute approximate surface area is 165 Å². The number of hydrogen-bond donors (Lipinski definition) is 1. The molecule has 0 heterocycles. The summed E-state index contributed by atoms with van der Waals surface area (Å²) in [6.07, 6.45) is 1.59. The van der Waals surface area contributed by atoms with Crippen LogP contribution in [0, 0.1) is 11.5 Å². The molecule has 6 heteroatoms. The van der Waals surface area contributed by atoms with Crippen molar-refractivity contribution in [3.05, 3.63) is 46.5 Å². The number of carbonyl (C=O) groups excluding carboxylic acids is 1. The van der Waals surface area contributed by atoms with E-state index in [2.05, 4.69) is 0 Å². The summed E-state index contributed by atoms with van der Waals surface area (Å²) in [5.74, 6) is 0.646. The molecule has 0 radical (unpaired) electrons. The SMILES string of the molecule is COc1cc(C(=O)c2cc(C(C)C)c(O)c(C(C)C)c2)cc(OC)c1OC#N. The van der Waals surface area contributed by atoms with Crippen LogP contribution < -0.4 is 14.2 Å². The number of nitriles is 1. The Bertz CT molecular complexity index is 871. The van der Waals surface area contributed by atoms with Gasteiger partial charge in [-0.15, -0.1) is 5.26 Å². The number of nitrogens with zero attached hydrogens (tertiary/aromatic N) is 1. The molecule has 0 aliphatic carbocycles. The number of aromatic hydroxyl groups is 1. The zero-order chi connectivity index (χ0) is 21.0. The van der Waals surface area contributed by atoms with Crippen LogP contribution in [-0.4, -0.2) is 25.1 Å². The fraction of sp³-hybridized carbons (Fsp3) is 0.364. The van der Waals surface area contributed by atoms with Crippen LogP contribution in [0.2, 0.25) is 0 Å². The van der Waals surface area contributed by atoms with Gasteiger partial charge in [-0.25, -0.2) is 0 Å². The van der Waals surface area contributed by atoms with E-state index in [1.807, 2.05) is 27.7 Å². The van der Waals surface area contributed by atoms with Gasteiger partial charge in [0.25, 0.3) is 6.26 Å². The van der Waals surface area contributed by atoms with E-state index in [4.69, 9.17) is 19.5 Å².